The van der Waals surface area contributed by atoms with E-state index in [4.69, 9.17) is 22.3 Å². The number of rotatable bonds is 26. The van der Waals surface area contributed by atoms with Gasteiger partial charge in [-0.25, -0.2) is 4.79 Å². The molecule has 0 saturated carbocycles. The Morgan fingerprint density at radius 1 is 0.596 bits per heavy atom. The molecule has 0 saturated heterocycles. The Labute approximate surface area is 302 Å². The van der Waals surface area contributed by atoms with Gasteiger partial charge >= 0.3 is 11.9 Å². The number of primary amides is 1. The van der Waals surface area contributed by atoms with Crippen LogP contribution in [0.25, 0.3) is 0 Å². The largest absolute Gasteiger partial charge is 0.481 e. The van der Waals surface area contributed by atoms with E-state index in [0.717, 1.165) is 0 Å². The second kappa shape index (κ2) is 24.4. The first kappa shape index (κ1) is 47.1. The van der Waals surface area contributed by atoms with E-state index < -0.39 is 109 Å². The summed E-state index contributed by atoms with van der Waals surface area (Å²) in [4.78, 5) is 112. The Balaban J connectivity index is 5.98. The molecule has 20 nitrogen and oxygen atoms in total. The zero-order valence-corrected chi connectivity index (χ0v) is 30.5. The molecule has 0 unspecified atom stereocenters. The SMILES string of the molecule is CC(C)C[C@H](NC(=O)[C@H](C)N)C(=O)NCC(=O)N[C@@H](CCCCN)C(=O)N[C@@H](CC(C)C)C(=O)N[C@@H](CCC(N)=O)C(=O)N[C@@H](CC(=O)O)C(=O)O. The second-order valence-corrected chi connectivity index (χ2v) is 13.4. The number of nitrogens with two attached hydrogens (primary N) is 3. The average Bonchev–Trinajstić information content (AvgIpc) is 3.02. The van der Waals surface area contributed by atoms with Crippen molar-refractivity contribution in [3.63, 3.8) is 0 Å². The Morgan fingerprint density at radius 2 is 1.06 bits per heavy atom. The third-order valence-corrected chi connectivity index (χ3v) is 7.42. The topological polar surface area (TPSA) is 344 Å². The van der Waals surface area contributed by atoms with Crippen LogP contribution in [0, 0.1) is 11.8 Å². The quantitative estimate of drug-likeness (QED) is 0.0392. The van der Waals surface area contributed by atoms with Gasteiger partial charge in [0, 0.05) is 6.42 Å². The van der Waals surface area contributed by atoms with Crippen LogP contribution in [0.3, 0.4) is 0 Å². The molecule has 296 valence electrons. The highest BCUT2D eigenvalue weighted by atomic mass is 16.4. The van der Waals surface area contributed by atoms with Crippen LogP contribution in [0.15, 0.2) is 0 Å². The molecular weight excluding hydrogens is 686 g/mol. The van der Waals surface area contributed by atoms with Gasteiger partial charge in [-0.15, -0.1) is 0 Å². The summed E-state index contributed by atoms with van der Waals surface area (Å²) < 4.78 is 0. The molecule has 0 aliphatic carbocycles. The van der Waals surface area contributed by atoms with Gasteiger partial charge in [0.05, 0.1) is 19.0 Å². The van der Waals surface area contributed by atoms with E-state index in [2.05, 4.69) is 26.6 Å². The molecule has 0 aromatic carbocycles. The number of carboxylic acids is 2. The molecule has 14 N–H and O–H groups in total. The lowest BCUT2D eigenvalue weighted by molar-refractivity contribution is -0.147. The highest BCUT2D eigenvalue weighted by Crippen LogP contribution is 2.10. The van der Waals surface area contributed by atoms with Crippen LogP contribution in [0.5, 0.6) is 0 Å². The third-order valence-electron chi connectivity index (χ3n) is 7.42. The van der Waals surface area contributed by atoms with Crippen molar-refractivity contribution in [2.75, 3.05) is 13.1 Å². The van der Waals surface area contributed by atoms with Gasteiger partial charge in [0.25, 0.3) is 0 Å². The van der Waals surface area contributed by atoms with Gasteiger partial charge in [0.15, 0.2) is 0 Å². The Morgan fingerprint density at radius 3 is 1.52 bits per heavy atom. The van der Waals surface area contributed by atoms with E-state index >= 15 is 0 Å². The fourth-order valence-electron chi connectivity index (χ4n) is 4.75. The molecule has 0 spiro atoms. The maximum atomic E-state index is 13.5. The number of nitrogens with one attached hydrogen (secondary N) is 6. The molecular formula is C32H57N9O11. The van der Waals surface area contributed by atoms with Gasteiger partial charge in [0.1, 0.15) is 30.2 Å². The fourth-order valence-corrected chi connectivity index (χ4v) is 4.75. The molecule has 0 radical (unpaired) electrons. The van der Waals surface area contributed by atoms with Gasteiger partial charge in [0.2, 0.25) is 41.4 Å². The van der Waals surface area contributed by atoms with E-state index in [0.29, 0.717) is 19.4 Å². The molecule has 0 fully saturated rings. The van der Waals surface area contributed by atoms with Crippen LogP contribution in [-0.2, 0) is 43.2 Å². The maximum absolute atomic E-state index is 13.5. The van der Waals surface area contributed by atoms with E-state index in [1.54, 1.807) is 13.8 Å². The molecule has 0 bridgehead atoms. The van der Waals surface area contributed by atoms with Crippen molar-refractivity contribution in [3.05, 3.63) is 0 Å². The Hall–Kier alpha value is -4.85. The number of carboxylic acid groups (broad SMARTS) is 2. The molecule has 0 aromatic heterocycles. The van der Waals surface area contributed by atoms with Crippen molar-refractivity contribution in [1.82, 2.24) is 31.9 Å². The first-order chi connectivity index (χ1) is 24.2. The van der Waals surface area contributed by atoms with Crippen molar-refractivity contribution in [1.29, 1.82) is 0 Å². The van der Waals surface area contributed by atoms with E-state index in [-0.39, 0.29) is 37.5 Å². The summed E-state index contributed by atoms with van der Waals surface area (Å²) in [6.45, 7) is 8.39. The monoisotopic (exact) mass is 743 g/mol. The number of amides is 7. The zero-order valence-electron chi connectivity index (χ0n) is 30.5. The minimum absolute atomic E-state index is 0.0102. The Bertz CT molecular complexity index is 1260. The van der Waals surface area contributed by atoms with E-state index in [9.17, 15) is 48.3 Å². The lowest BCUT2D eigenvalue weighted by Gasteiger charge is -2.27. The number of carbonyl (C=O) groups excluding carboxylic acids is 7. The minimum atomic E-state index is -1.85. The first-order valence-electron chi connectivity index (χ1n) is 17.1. The lowest BCUT2D eigenvalue weighted by Crippen LogP contribution is -2.58. The summed E-state index contributed by atoms with van der Waals surface area (Å²) in [5, 5.41) is 32.9. The van der Waals surface area contributed by atoms with Crippen molar-refractivity contribution in [2.45, 2.75) is 122 Å². The molecule has 7 amide bonds. The second-order valence-electron chi connectivity index (χ2n) is 13.4. The highest BCUT2D eigenvalue weighted by molar-refractivity contribution is 5.96. The van der Waals surface area contributed by atoms with Gasteiger partial charge in [-0.3, -0.25) is 38.4 Å². The van der Waals surface area contributed by atoms with Gasteiger partial charge in [-0.2, -0.15) is 0 Å². The highest BCUT2D eigenvalue weighted by Gasteiger charge is 2.33. The molecule has 0 aliphatic heterocycles. The lowest BCUT2D eigenvalue weighted by atomic mass is 10.0. The van der Waals surface area contributed by atoms with E-state index in [1.165, 1.54) is 6.92 Å². The predicted molar refractivity (Wildman–Crippen MR) is 186 cm³/mol. The number of carbonyl (C=O) groups is 9. The van der Waals surface area contributed by atoms with Crippen molar-refractivity contribution in [3.8, 4) is 0 Å². The first-order valence-corrected chi connectivity index (χ1v) is 17.1. The zero-order chi connectivity index (χ0) is 40.1. The molecule has 0 rings (SSSR count). The van der Waals surface area contributed by atoms with Crippen LogP contribution in [0.2, 0.25) is 0 Å². The number of hydrogen-bond donors (Lipinski definition) is 11. The normalized spacial score (nSPS) is 14.5. The standard InChI is InChI=1S/C32H57N9O11/c1-16(2)12-21(39-27(46)18(5)34)28(47)36-15-25(43)37-19(8-6-7-11-33)29(48)40-22(13-17(3)4)31(50)38-20(9-10-24(35)42)30(49)41-23(32(51)52)14-26(44)45/h16-23H,6-15,33-34H2,1-5H3,(H2,35,42)(H,36,47)(H,37,43)(H,38,50)(H,39,46)(H,40,48)(H,41,49)(H,44,45)(H,51,52)/t18-,19-,20-,21-,22-,23-/m0/s1. The third kappa shape index (κ3) is 20.1. The van der Waals surface area contributed by atoms with Crippen LogP contribution in [0.4, 0.5) is 0 Å². The van der Waals surface area contributed by atoms with Crippen molar-refractivity contribution < 1.29 is 53.4 Å². The molecule has 0 aliphatic rings. The summed E-state index contributed by atoms with van der Waals surface area (Å²) in [7, 11) is 0. The number of hydrogen-bond acceptors (Lipinski definition) is 11. The van der Waals surface area contributed by atoms with E-state index in [1.807, 2.05) is 19.2 Å². The summed E-state index contributed by atoms with van der Waals surface area (Å²) in [5.41, 5.74) is 16.4. The maximum Gasteiger partial charge on any atom is 0.326 e. The number of unbranched alkanes of at least 4 members (excludes halogenated alkanes) is 1. The van der Waals surface area contributed by atoms with Gasteiger partial charge in [-0.05, 0) is 63.8 Å². The summed E-state index contributed by atoms with van der Waals surface area (Å²) in [6, 6.07) is -7.70. The number of aliphatic carboxylic acids is 2. The molecule has 20 heteroatoms. The van der Waals surface area contributed by atoms with Crippen molar-refractivity contribution >= 4 is 53.3 Å². The van der Waals surface area contributed by atoms with Gasteiger partial charge in [-0.1, -0.05) is 27.7 Å². The van der Waals surface area contributed by atoms with Gasteiger partial charge < -0.3 is 59.3 Å². The molecule has 6 atom stereocenters. The summed E-state index contributed by atoms with van der Waals surface area (Å²) >= 11 is 0. The smallest absolute Gasteiger partial charge is 0.326 e. The van der Waals surface area contributed by atoms with Crippen molar-refractivity contribution in [2.24, 2.45) is 29.0 Å². The average molecular weight is 744 g/mol. The Kier molecular flexibility index (Phi) is 22.1. The van der Waals surface area contributed by atoms with Crippen LogP contribution in [-0.4, -0.2) is 113 Å². The molecule has 52 heavy (non-hydrogen) atoms. The molecule has 0 aromatic rings. The minimum Gasteiger partial charge on any atom is -0.481 e. The fraction of sp³-hybridized carbons (Fsp3) is 0.719. The molecule has 0 heterocycles. The summed E-state index contributed by atoms with van der Waals surface area (Å²) in [5.74, 6) is -8.87. The van der Waals surface area contributed by atoms with Crippen LogP contribution in [0.1, 0.15) is 86.0 Å². The van der Waals surface area contributed by atoms with Crippen LogP contribution >= 0.6 is 0 Å². The van der Waals surface area contributed by atoms with Crippen LogP contribution < -0.4 is 49.1 Å². The predicted octanol–water partition coefficient (Wildman–Crippen LogP) is -3.08. The summed E-state index contributed by atoms with van der Waals surface area (Å²) in [6.07, 6.45) is -0.429.